The third kappa shape index (κ3) is 4.72. The van der Waals surface area contributed by atoms with Gasteiger partial charge >= 0.3 is 5.97 Å². The van der Waals surface area contributed by atoms with E-state index in [9.17, 15) is 9.59 Å². The summed E-state index contributed by atoms with van der Waals surface area (Å²) in [5.41, 5.74) is 0.836. The number of thiophene rings is 1. The van der Waals surface area contributed by atoms with Gasteiger partial charge in [0.1, 0.15) is 4.88 Å². The first kappa shape index (κ1) is 16.3. The molecule has 0 bridgehead atoms. The van der Waals surface area contributed by atoms with Gasteiger partial charge in [0.25, 0.3) is 0 Å². The average molecular weight is 328 g/mol. The van der Waals surface area contributed by atoms with Crippen LogP contribution in [0.15, 0.2) is 6.07 Å². The van der Waals surface area contributed by atoms with Crippen LogP contribution >= 0.6 is 23.1 Å². The second-order valence-corrected chi connectivity index (χ2v) is 7.06. The lowest BCUT2D eigenvalue weighted by Gasteiger charge is -2.25. The highest BCUT2D eigenvalue weighted by atomic mass is 32.2. The van der Waals surface area contributed by atoms with Crippen molar-refractivity contribution in [3.8, 4) is 0 Å². The lowest BCUT2D eigenvalue weighted by molar-refractivity contribution is -0.117. The number of esters is 1. The van der Waals surface area contributed by atoms with Gasteiger partial charge < -0.3 is 10.1 Å². The maximum Gasteiger partial charge on any atom is 0.348 e. The number of carbonyl (C=O) groups excluding carboxylic acids is 2. The summed E-state index contributed by atoms with van der Waals surface area (Å²) in [7, 11) is 0. The van der Waals surface area contributed by atoms with Crippen molar-refractivity contribution in [3.63, 3.8) is 0 Å². The monoisotopic (exact) mass is 328 g/mol. The topological polar surface area (TPSA) is 58.6 Å². The molecule has 1 saturated heterocycles. The number of hydrogen-bond acceptors (Lipinski definition) is 6. The van der Waals surface area contributed by atoms with Crippen LogP contribution in [0.3, 0.4) is 0 Å². The molecule has 1 aromatic rings. The number of ether oxygens (including phenoxy) is 1. The van der Waals surface area contributed by atoms with Crippen molar-refractivity contribution in [2.24, 2.45) is 0 Å². The summed E-state index contributed by atoms with van der Waals surface area (Å²) < 4.78 is 5.00. The van der Waals surface area contributed by atoms with E-state index in [1.165, 1.54) is 11.3 Å². The summed E-state index contributed by atoms with van der Waals surface area (Å²) in [6, 6.07) is 1.82. The van der Waals surface area contributed by atoms with E-state index in [1.54, 1.807) is 6.92 Å². The first-order valence-corrected chi connectivity index (χ1v) is 8.94. The summed E-state index contributed by atoms with van der Waals surface area (Å²) >= 11 is 3.19. The van der Waals surface area contributed by atoms with Gasteiger partial charge in [0.05, 0.1) is 18.2 Å². The maximum atomic E-state index is 12.0. The zero-order valence-corrected chi connectivity index (χ0v) is 13.9. The largest absolute Gasteiger partial charge is 0.462 e. The Morgan fingerprint density at radius 1 is 1.38 bits per heavy atom. The molecule has 7 heteroatoms. The first-order valence-electron chi connectivity index (χ1n) is 6.97. The third-order valence-electron chi connectivity index (χ3n) is 3.11. The lowest BCUT2D eigenvalue weighted by Crippen LogP contribution is -2.38. The fraction of sp³-hybridized carbons (Fsp3) is 0.571. The highest BCUT2D eigenvalue weighted by Gasteiger charge is 2.18. The average Bonchev–Trinajstić information content (AvgIpc) is 2.80. The summed E-state index contributed by atoms with van der Waals surface area (Å²) in [6.07, 6.45) is 0. The molecular weight excluding hydrogens is 308 g/mol. The number of amides is 1. The van der Waals surface area contributed by atoms with Crippen LogP contribution in [0, 0.1) is 6.92 Å². The van der Waals surface area contributed by atoms with Gasteiger partial charge in [-0.2, -0.15) is 11.8 Å². The van der Waals surface area contributed by atoms with E-state index in [0.29, 0.717) is 23.0 Å². The molecular formula is C14H20N2O3S2. The Labute approximate surface area is 133 Å². The van der Waals surface area contributed by atoms with E-state index in [0.717, 1.165) is 30.2 Å². The molecule has 5 nitrogen and oxygen atoms in total. The summed E-state index contributed by atoms with van der Waals surface area (Å²) in [5, 5.41) is 3.57. The van der Waals surface area contributed by atoms with Crippen LogP contribution in [0.5, 0.6) is 0 Å². The molecule has 21 heavy (non-hydrogen) atoms. The normalized spacial score (nSPS) is 15.7. The zero-order chi connectivity index (χ0) is 15.2. The molecule has 1 N–H and O–H groups in total. The van der Waals surface area contributed by atoms with Crippen LogP contribution in [-0.2, 0) is 9.53 Å². The van der Waals surface area contributed by atoms with Gasteiger partial charge in [0.2, 0.25) is 5.91 Å². The van der Waals surface area contributed by atoms with Gasteiger partial charge in [0.15, 0.2) is 0 Å². The van der Waals surface area contributed by atoms with Crippen molar-refractivity contribution >= 4 is 40.0 Å². The molecule has 2 heterocycles. The van der Waals surface area contributed by atoms with Crippen molar-refractivity contribution in [1.82, 2.24) is 4.90 Å². The van der Waals surface area contributed by atoms with E-state index in [1.807, 2.05) is 24.8 Å². The molecule has 0 aromatic carbocycles. The van der Waals surface area contributed by atoms with Gasteiger partial charge in [-0.3, -0.25) is 9.69 Å². The minimum atomic E-state index is -0.325. The summed E-state index contributed by atoms with van der Waals surface area (Å²) in [4.78, 5) is 26.5. The number of rotatable bonds is 5. The molecule has 0 saturated carbocycles. The number of aryl methyl sites for hydroxylation is 1. The van der Waals surface area contributed by atoms with Gasteiger partial charge in [-0.15, -0.1) is 11.3 Å². The van der Waals surface area contributed by atoms with Crippen molar-refractivity contribution in [1.29, 1.82) is 0 Å². The van der Waals surface area contributed by atoms with Crippen molar-refractivity contribution < 1.29 is 14.3 Å². The van der Waals surface area contributed by atoms with E-state index >= 15 is 0 Å². The van der Waals surface area contributed by atoms with Crippen molar-refractivity contribution in [2.75, 3.05) is 43.1 Å². The van der Waals surface area contributed by atoms with Gasteiger partial charge in [-0.25, -0.2) is 4.79 Å². The molecule has 1 aromatic heterocycles. The minimum absolute atomic E-state index is 0.0291. The molecule has 116 valence electrons. The zero-order valence-electron chi connectivity index (χ0n) is 12.3. The van der Waals surface area contributed by atoms with E-state index in [2.05, 4.69) is 10.2 Å². The second-order valence-electron chi connectivity index (χ2n) is 4.78. The quantitative estimate of drug-likeness (QED) is 0.840. The Morgan fingerprint density at radius 2 is 2.10 bits per heavy atom. The van der Waals surface area contributed by atoms with Crippen LogP contribution in [0.25, 0.3) is 0 Å². The summed E-state index contributed by atoms with van der Waals surface area (Å²) in [5.74, 6) is 1.81. The molecule has 2 rings (SSSR count). The molecule has 0 spiro atoms. The van der Waals surface area contributed by atoms with Crippen molar-refractivity contribution in [3.05, 3.63) is 16.5 Å². The first-order chi connectivity index (χ1) is 10.1. The Kier molecular flexibility index (Phi) is 6.08. The van der Waals surface area contributed by atoms with Crippen LogP contribution in [0.4, 0.5) is 5.00 Å². The van der Waals surface area contributed by atoms with Crippen LogP contribution < -0.4 is 5.32 Å². The fourth-order valence-electron chi connectivity index (χ4n) is 2.08. The van der Waals surface area contributed by atoms with Crippen molar-refractivity contribution in [2.45, 2.75) is 13.8 Å². The molecule has 1 aliphatic heterocycles. The number of thioether (sulfide) groups is 1. The Bertz CT molecular complexity index is 510. The molecule has 0 aliphatic carbocycles. The lowest BCUT2D eigenvalue weighted by atomic mass is 10.3. The minimum Gasteiger partial charge on any atom is -0.462 e. The van der Waals surface area contributed by atoms with Crippen LogP contribution in [0.2, 0.25) is 0 Å². The van der Waals surface area contributed by atoms with Gasteiger partial charge in [0, 0.05) is 24.6 Å². The Morgan fingerprint density at radius 3 is 2.76 bits per heavy atom. The predicted molar refractivity (Wildman–Crippen MR) is 87.4 cm³/mol. The molecule has 1 amide bonds. The van der Waals surface area contributed by atoms with Crippen LogP contribution in [0.1, 0.15) is 22.2 Å². The Hall–Kier alpha value is -1.05. The predicted octanol–water partition coefficient (Wildman–Crippen LogP) is 2.22. The summed E-state index contributed by atoms with van der Waals surface area (Å²) in [6.45, 7) is 6.29. The van der Waals surface area contributed by atoms with Gasteiger partial charge in [-0.05, 0) is 25.5 Å². The third-order valence-corrected chi connectivity index (χ3v) is 5.19. The molecule has 0 unspecified atom stereocenters. The van der Waals surface area contributed by atoms with E-state index in [4.69, 9.17) is 4.74 Å². The molecule has 1 aliphatic rings. The second kappa shape index (κ2) is 7.82. The van der Waals surface area contributed by atoms with Gasteiger partial charge in [-0.1, -0.05) is 0 Å². The number of anilines is 1. The smallest absolute Gasteiger partial charge is 0.348 e. The number of nitrogens with one attached hydrogen (secondary N) is 1. The van der Waals surface area contributed by atoms with Crippen LogP contribution in [-0.4, -0.2) is 54.5 Å². The SMILES string of the molecule is CCOC(=O)c1sc(NC(=O)CN2CCSCC2)cc1C. The highest BCUT2D eigenvalue weighted by molar-refractivity contribution is 7.99. The van der Waals surface area contributed by atoms with E-state index < -0.39 is 0 Å². The number of hydrogen-bond donors (Lipinski definition) is 1. The van der Waals surface area contributed by atoms with E-state index in [-0.39, 0.29) is 11.9 Å². The highest BCUT2D eigenvalue weighted by Crippen LogP contribution is 2.27. The molecule has 0 radical (unpaired) electrons. The molecule has 0 atom stereocenters. The number of carbonyl (C=O) groups is 2. The number of nitrogens with zero attached hydrogens (tertiary/aromatic N) is 1. The fourth-order valence-corrected chi connectivity index (χ4v) is 4.04. The molecule has 1 fully saturated rings. The maximum absolute atomic E-state index is 12.0. The standard InChI is InChI=1S/C14H20N2O3S2/c1-3-19-14(18)13-10(2)8-12(21-13)15-11(17)9-16-4-6-20-7-5-16/h8H,3-7,9H2,1-2H3,(H,15,17). The Balaban J connectivity index is 1.91.